The lowest BCUT2D eigenvalue weighted by atomic mass is 10.1. The molecule has 6 heteroatoms. The highest BCUT2D eigenvalue weighted by molar-refractivity contribution is 5.82. The Labute approximate surface area is 349 Å². The third-order valence-corrected chi connectivity index (χ3v) is 9.83. The molecule has 0 bridgehead atoms. The highest BCUT2D eigenvalue weighted by atomic mass is 16.3. The Balaban J connectivity index is 0.000000109. The fraction of sp³-hybridized carbons (Fsp3) is 0.111. The van der Waals surface area contributed by atoms with E-state index in [1.807, 2.05) is 142 Å². The zero-order valence-corrected chi connectivity index (χ0v) is 34.8. The zero-order valence-electron chi connectivity index (χ0n) is 34.8. The molecule has 0 atom stereocenters. The minimum absolute atomic E-state index is 0.964. The predicted molar refractivity (Wildman–Crippen MR) is 246 cm³/mol. The molecule has 300 valence electrons. The lowest BCUT2D eigenvalue weighted by Crippen LogP contribution is -1.69. The topological polar surface area (TPSA) is 78.8 Å². The van der Waals surface area contributed by atoms with E-state index in [9.17, 15) is 0 Å². The molecule has 0 aliphatic rings. The second-order valence-corrected chi connectivity index (χ2v) is 14.6. The van der Waals surface area contributed by atoms with E-state index in [-0.39, 0.29) is 0 Å². The van der Waals surface area contributed by atoms with Crippen LogP contribution in [0.1, 0.15) is 33.6 Å². The zero-order chi connectivity index (χ0) is 41.8. The van der Waals surface area contributed by atoms with Gasteiger partial charge in [-0.3, -0.25) is 0 Å². The first-order valence-corrected chi connectivity index (χ1v) is 19.8. The van der Waals surface area contributed by atoms with Gasteiger partial charge < -0.3 is 26.5 Å². The molecular formula is C54H48O6. The highest BCUT2D eigenvalue weighted by Crippen LogP contribution is 2.21. The molecule has 0 N–H and O–H groups in total. The van der Waals surface area contributed by atoms with Gasteiger partial charge in [-0.25, -0.2) is 0 Å². The SMILES string of the molecule is Cc1cc2ccccc2o1.Cc1ccc2ccoc2c1.Cc1ccc2occc2c1.Cc1cccc2ccoc12.Cc1cccc2occc12.Cc1coc2ccccc12. The van der Waals surface area contributed by atoms with Crippen molar-refractivity contribution in [3.8, 4) is 0 Å². The molecule has 6 heterocycles. The molecule has 0 aliphatic heterocycles. The normalized spacial score (nSPS) is 10.5. The van der Waals surface area contributed by atoms with E-state index < -0.39 is 0 Å². The van der Waals surface area contributed by atoms with Gasteiger partial charge in [-0.2, -0.15) is 0 Å². The Morgan fingerprint density at radius 3 is 1.68 bits per heavy atom. The first kappa shape index (κ1) is 40.7. The molecule has 0 spiro atoms. The largest absolute Gasteiger partial charge is 0.464 e. The van der Waals surface area contributed by atoms with Crippen molar-refractivity contribution in [3.63, 3.8) is 0 Å². The van der Waals surface area contributed by atoms with Crippen LogP contribution in [0.25, 0.3) is 65.8 Å². The van der Waals surface area contributed by atoms with Crippen LogP contribution in [0.5, 0.6) is 0 Å². The molecule has 0 aliphatic carbocycles. The highest BCUT2D eigenvalue weighted by Gasteiger charge is 2.00. The summed E-state index contributed by atoms with van der Waals surface area (Å²) in [6.07, 6.45) is 8.65. The quantitative estimate of drug-likeness (QED) is 0.152. The summed E-state index contributed by atoms with van der Waals surface area (Å²) in [5.41, 5.74) is 12.0. The van der Waals surface area contributed by atoms with Crippen LogP contribution in [0.3, 0.4) is 0 Å². The second kappa shape index (κ2) is 19.3. The fourth-order valence-electron chi connectivity index (χ4n) is 6.66. The summed E-state index contributed by atoms with van der Waals surface area (Å²) < 4.78 is 31.4. The standard InChI is InChI=1S/6C9H8O/c1-7-2-3-9-8(6-7)4-5-10-9;1-7-2-3-8-4-5-10-9(8)6-7;1-7-3-2-4-9-8(7)5-6-10-9;1-7-3-2-4-8-5-6-10-9(7)8;1-7-6-10-9-5-3-2-4-8(7)9;1-7-6-8-4-2-3-5-9(8)10-7/h6*2-6H,1H3. The molecule has 0 unspecified atom stereocenters. The third kappa shape index (κ3) is 10.3. The van der Waals surface area contributed by atoms with Crippen molar-refractivity contribution < 1.29 is 26.5 Å². The third-order valence-electron chi connectivity index (χ3n) is 9.83. The summed E-state index contributed by atoms with van der Waals surface area (Å²) in [6, 6.07) is 50.5. The van der Waals surface area contributed by atoms with Gasteiger partial charge in [0.2, 0.25) is 0 Å². The molecular weight excluding hydrogens is 745 g/mol. The van der Waals surface area contributed by atoms with Crippen molar-refractivity contribution in [3.05, 3.63) is 217 Å². The molecule has 6 aromatic heterocycles. The van der Waals surface area contributed by atoms with Crippen LogP contribution in [-0.4, -0.2) is 0 Å². The van der Waals surface area contributed by atoms with Gasteiger partial charge in [0.15, 0.2) is 0 Å². The van der Waals surface area contributed by atoms with Crippen LogP contribution in [0.4, 0.5) is 0 Å². The smallest absolute Gasteiger partial charge is 0.136 e. The van der Waals surface area contributed by atoms with Crippen molar-refractivity contribution in [1.82, 2.24) is 0 Å². The van der Waals surface area contributed by atoms with Gasteiger partial charge in [-0.05, 0) is 131 Å². The number of aryl methyl sites for hydroxylation is 6. The lowest BCUT2D eigenvalue weighted by molar-refractivity contribution is 0.578. The summed E-state index contributed by atoms with van der Waals surface area (Å²) in [5.74, 6) is 0.973. The summed E-state index contributed by atoms with van der Waals surface area (Å²) in [5, 5.41) is 7.13. The Morgan fingerprint density at radius 1 is 0.317 bits per heavy atom. The maximum absolute atomic E-state index is 5.37. The van der Waals surface area contributed by atoms with Gasteiger partial charge in [-0.15, -0.1) is 0 Å². The van der Waals surface area contributed by atoms with Crippen molar-refractivity contribution in [2.75, 3.05) is 0 Å². The van der Waals surface area contributed by atoms with Crippen LogP contribution in [0.2, 0.25) is 0 Å². The summed E-state index contributed by atoms with van der Waals surface area (Å²) in [4.78, 5) is 0. The maximum atomic E-state index is 5.37. The van der Waals surface area contributed by atoms with Gasteiger partial charge in [0.25, 0.3) is 0 Å². The van der Waals surface area contributed by atoms with Crippen molar-refractivity contribution in [2.24, 2.45) is 0 Å². The molecule has 0 saturated heterocycles. The van der Waals surface area contributed by atoms with Gasteiger partial charge >= 0.3 is 0 Å². The molecule has 0 fully saturated rings. The van der Waals surface area contributed by atoms with E-state index in [1.54, 1.807) is 31.3 Å². The van der Waals surface area contributed by atoms with E-state index in [2.05, 4.69) is 51.1 Å². The van der Waals surface area contributed by atoms with Crippen LogP contribution in [0.15, 0.2) is 209 Å². The Bertz CT molecular complexity index is 3000. The van der Waals surface area contributed by atoms with Crippen LogP contribution < -0.4 is 0 Å². The van der Waals surface area contributed by atoms with Gasteiger partial charge in [0.05, 0.1) is 31.3 Å². The fourth-order valence-corrected chi connectivity index (χ4v) is 6.66. The van der Waals surface area contributed by atoms with Crippen molar-refractivity contribution in [2.45, 2.75) is 41.5 Å². The number of benzene rings is 6. The number of hydrogen-bond acceptors (Lipinski definition) is 6. The molecule has 0 saturated carbocycles. The van der Waals surface area contributed by atoms with E-state index in [0.717, 1.165) is 39.3 Å². The number of furan rings is 6. The first-order valence-electron chi connectivity index (χ1n) is 19.8. The van der Waals surface area contributed by atoms with Crippen LogP contribution in [-0.2, 0) is 0 Å². The Hall–Kier alpha value is -7.44. The molecule has 0 radical (unpaired) electrons. The molecule has 12 aromatic rings. The molecule has 6 nitrogen and oxygen atoms in total. The van der Waals surface area contributed by atoms with Crippen LogP contribution in [0, 0.1) is 41.5 Å². The number of hydrogen-bond donors (Lipinski definition) is 0. The molecule has 12 rings (SSSR count). The predicted octanol–water partition coefficient (Wildman–Crippen LogP) is 16.4. The van der Waals surface area contributed by atoms with E-state index in [1.165, 1.54) is 60.1 Å². The van der Waals surface area contributed by atoms with E-state index >= 15 is 0 Å². The second-order valence-electron chi connectivity index (χ2n) is 14.6. The molecule has 6 aromatic carbocycles. The van der Waals surface area contributed by atoms with Crippen LogP contribution >= 0.6 is 0 Å². The van der Waals surface area contributed by atoms with Gasteiger partial charge in [-0.1, -0.05) is 90.5 Å². The summed E-state index contributed by atoms with van der Waals surface area (Å²) in [6.45, 7) is 12.3. The first-order chi connectivity index (χ1) is 29.2. The Kier molecular flexibility index (Phi) is 13.1. The monoisotopic (exact) mass is 792 g/mol. The lowest BCUT2D eigenvalue weighted by Gasteiger charge is -1.90. The van der Waals surface area contributed by atoms with Crippen molar-refractivity contribution in [1.29, 1.82) is 0 Å². The Morgan fingerprint density at radius 2 is 0.883 bits per heavy atom. The number of fused-ring (bicyclic) bond motifs is 6. The summed E-state index contributed by atoms with van der Waals surface area (Å²) >= 11 is 0. The minimum atomic E-state index is 0.964. The average Bonchev–Trinajstić information content (AvgIpc) is 4.12. The minimum Gasteiger partial charge on any atom is -0.464 e. The van der Waals surface area contributed by atoms with Crippen molar-refractivity contribution >= 4 is 65.8 Å². The van der Waals surface area contributed by atoms with E-state index in [4.69, 9.17) is 26.5 Å². The molecule has 60 heavy (non-hydrogen) atoms. The molecule has 0 amide bonds. The average molecular weight is 793 g/mol. The number of para-hydroxylation sites is 3. The summed E-state index contributed by atoms with van der Waals surface area (Å²) in [7, 11) is 0. The van der Waals surface area contributed by atoms with Gasteiger partial charge in [0, 0.05) is 32.3 Å². The van der Waals surface area contributed by atoms with E-state index in [0.29, 0.717) is 0 Å². The number of rotatable bonds is 0. The maximum Gasteiger partial charge on any atom is 0.136 e. The van der Waals surface area contributed by atoms with Gasteiger partial charge in [0.1, 0.15) is 39.3 Å².